The number of hydrogen-bond donors (Lipinski definition) is 0. The molecule has 0 atom stereocenters. The van der Waals surface area contributed by atoms with Crippen LogP contribution in [0, 0.1) is 10.1 Å². The summed E-state index contributed by atoms with van der Waals surface area (Å²) in [5, 5.41) is 18.9. The van der Waals surface area contributed by atoms with Gasteiger partial charge in [-0.25, -0.2) is 4.79 Å². The van der Waals surface area contributed by atoms with E-state index in [1.165, 1.54) is 48.5 Å². The molecule has 192 valence electrons. The number of benzene rings is 3. The third-order valence-electron chi connectivity index (χ3n) is 4.98. The van der Waals surface area contributed by atoms with E-state index in [-0.39, 0.29) is 23.6 Å². The van der Waals surface area contributed by atoms with E-state index in [1.54, 1.807) is 12.1 Å². The smallest absolute Gasteiger partial charge is 0.344 e. The van der Waals surface area contributed by atoms with Gasteiger partial charge in [-0.05, 0) is 67.6 Å². The number of carbonyl (C=O) groups is 1. The fraction of sp³-hybridized carbons (Fsp3) is 0.160. The Bertz CT molecular complexity index is 1280. The predicted molar refractivity (Wildman–Crippen MR) is 129 cm³/mol. The van der Waals surface area contributed by atoms with Crippen LogP contribution in [-0.2, 0) is 4.74 Å². The molecule has 9 nitrogen and oxygen atoms in total. The Labute approximate surface area is 209 Å². The van der Waals surface area contributed by atoms with Crippen LogP contribution < -0.4 is 9.64 Å². The number of nitrogens with zero attached hydrogens (tertiary/aromatic N) is 4. The fourth-order valence-electron chi connectivity index (χ4n) is 3.09. The van der Waals surface area contributed by atoms with Crippen LogP contribution in [-0.4, -0.2) is 30.6 Å². The van der Waals surface area contributed by atoms with E-state index in [9.17, 15) is 28.1 Å². The number of nitro benzene ring substituents is 1. The number of azo groups is 1. The van der Waals surface area contributed by atoms with Crippen LogP contribution in [0.3, 0.4) is 0 Å². The zero-order chi connectivity index (χ0) is 26.8. The molecule has 0 radical (unpaired) electrons. The van der Waals surface area contributed by atoms with Crippen molar-refractivity contribution < 1.29 is 32.4 Å². The Kier molecular flexibility index (Phi) is 9.30. The van der Waals surface area contributed by atoms with Gasteiger partial charge in [-0.2, -0.15) is 23.4 Å². The van der Waals surface area contributed by atoms with Crippen molar-refractivity contribution in [2.45, 2.75) is 6.92 Å². The number of ether oxygens (including phenoxy) is 2. The summed E-state index contributed by atoms with van der Waals surface area (Å²) in [7, 11) is 0. The molecular weight excluding hydrogens is 493 g/mol. The van der Waals surface area contributed by atoms with Crippen molar-refractivity contribution in [3.63, 3.8) is 0 Å². The number of likely N-dealkylation sites (N-methyl/N-ethyl adjacent to an activating group) is 1. The average molecular weight is 514 g/mol. The van der Waals surface area contributed by atoms with E-state index in [0.717, 1.165) is 5.69 Å². The molecule has 0 amide bonds. The minimum Gasteiger partial charge on any atom is -0.460 e. The summed E-state index contributed by atoms with van der Waals surface area (Å²) in [6.45, 7) is 3.06. The molecule has 3 aromatic rings. The van der Waals surface area contributed by atoms with E-state index in [4.69, 9.17) is 4.74 Å². The molecule has 0 N–H and O–H groups in total. The molecule has 0 bridgehead atoms. The van der Waals surface area contributed by atoms with Crippen LogP contribution in [0.25, 0.3) is 0 Å². The number of esters is 1. The van der Waals surface area contributed by atoms with Crippen LogP contribution in [0.1, 0.15) is 17.3 Å². The van der Waals surface area contributed by atoms with Crippen molar-refractivity contribution >= 4 is 28.7 Å². The third-order valence-corrected chi connectivity index (χ3v) is 4.98. The minimum absolute atomic E-state index is 0.0292. The molecule has 0 aliphatic heterocycles. The van der Waals surface area contributed by atoms with E-state index < -0.39 is 23.0 Å². The molecule has 3 aromatic carbocycles. The molecule has 0 unspecified atom stereocenters. The van der Waals surface area contributed by atoms with Gasteiger partial charge in [-0.15, -0.1) is 0 Å². The van der Waals surface area contributed by atoms with Crippen LogP contribution in [0.5, 0.6) is 5.75 Å². The summed E-state index contributed by atoms with van der Waals surface area (Å²) in [5.74, 6) is -0.813. The number of carbonyl (C=O) groups excluding carboxylic acids is 1. The largest absolute Gasteiger partial charge is 0.460 e. The van der Waals surface area contributed by atoms with Crippen molar-refractivity contribution in [2.75, 3.05) is 24.6 Å². The minimum atomic E-state index is -2.58. The van der Waals surface area contributed by atoms with E-state index in [0.29, 0.717) is 24.5 Å². The number of non-ortho nitro benzene ring substituents is 1. The first kappa shape index (κ1) is 26.9. The lowest BCUT2D eigenvalue weighted by Gasteiger charge is -2.23. The standard InChI is InChI=1S/C25H21F3N4O5/c1-2-31(15-16-36-25(33)17-3-13-22(14-4-17)37-24(28)23(26)27)20-9-5-18(6-10-20)29-30-19-7-11-21(12-8-19)32(34)35/h3-14H,2,15-16H2,1H3. The van der Waals surface area contributed by atoms with Crippen LogP contribution in [0.15, 0.2) is 95.1 Å². The second-order valence-corrected chi connectivity index (χ2v) is 7.37. The highest BCUT2D eigenvalue weighted by atomic mass is 19.3. The second-order valence-electron chi connectivity index (χ2n) is 7.37. The van der Waals surface area contributed by atoms with Gasteiger partial charge >= 0.3 is 18.1 Å². The highest BCUT2D eigenvalue weighted by molar-refractivity contribution is 5.89. The first-order valence-electron chi connectivity index (χ1n) is 10.9. The van der Waals surface area contributed by atoms with Crippen LogP contribution in [0.4, 0.5) is 35.9 Å². The van der Waals surface area contributed by atoms with E-state index in [2.05, 4.69) is 15.0 Å². The second kappa shape index (κ2) is 12.8. The molecule has 0 aliphatic rings. The number of rotatable bonds is 11. The number of halogens is 3. The summed E-state index contributed by atoms with van der Waals surface area (Å²) >= 11 is 0. The van der Waals surface area contributed by atoms with E-state index in [1.807, 2.05) is 24.0 Å². The van der Waals surface area contributed by atoms with E-state index >= 15 is 0 Å². The number of anilines is 1. The summed E-state index contributed by atoms with van der Waals surface area (Å²) in [5.41, 5.74) is 2.05. The Morgan fingerprint density at radius 1 is 0.919 bits per heavy atom. The third kappa shape index (κ3) is 7.88. The van der Waals surface area contributed by atoms with Gasteiger partial charge in [-0.3, -0.25) is 10.1 Å². The van der Waals surface area contributed by atoms with Crippen LogP contribution in [0.2, 0.25) is 0 Å². The maximum Gasteiger partial charge on any atom is 0.344 e. The molecule has 0 saturated carbocycles. The molecular formula is C25H21F3N4O5. The van der Waals surface area contributed by atoms with Gasteiger partial charge in [0.1, 0.15) is 12.4 Å². The SMILES string of the molecule is CCN(CCOC(=O)c1ccc(OC(F)=C(F)F)cc1)c1ccc(N=Nc2ccc([N+](=O)[O-])cc2)cc1. The topological polar surface area (TPSA) is 107 Å². The van der Waals surface area contributed by atoms with Gasteiger partial charge in [0, 0.05) is 24.4 Å². The molecule has 3 rings (SSSR count). The zero-order valence-corrected chi connectivity index (χ0v) is 19.5. The van der Waals surface area contributed by atoms with Gasteiger partial charge in [0.05, 0.1) is 28.4 Å². The molecule has 0 fully saturated rings. The van der Waals surface area contributed by atoms with Gasteiger partial charge in [0.2, 0.25) is 0 Å². The van der Waals surface area contributed by atoms with Crippen molar-refractivity contribution in [3.8, 4) is 5.75 Å². The lowest BCUT2D eigenvalue weighted by Crippen LogP contribution is -2.27. The molecule has 37 heavy (non-hydrogen) atoms. The highest BCUT2D eigenvalue weighted by Crippen LogP contribution is 2.24. The highest BCUT2D eigenvalue weighted by Gasteiger charge is 2.12. The van der Waals surface area contributed by atoms with Crippen molar-refractivity contribution in [1.29, 1.82) is 0 Å². The maximum absolute atomic E-state index is 12.8. The average Bonchev–Trinajstić information content (AvgIpc) is 2.90. The lowest BCUT2D eigenvalue weighted by atomic mass is 10.2. The quantitative estimate of drug-likeness (QED) is 0.0888. The van der Waals surface area contributed by atoms with Crippen molar-refractivity contribution in [2.24, 2.45) is 10.2 Å². The molecule has 12 heteroatoms. The summed E-state index contributed by atoms with van der Waals surface area (Å²) in [4.78, 5) is 24.4. The van der Waals surface area contributed by atoms with Gasteiger partial charge in [-0.1, -0.05) is 0 Å². The first-order chi connectivity index (χ1) is 17.8. The summed E-state index contributed by atoms with van der Waals surface area (Å²) in [6, 6.07) is 15.8. The fourth-order valence-corrected chi connectivity index (χ4v) is 3.09. The predicted octanol–water partition coefficient (Wildman–Crippen LogP) is 7.11. The van der Waals surface area contributed by atoms with Gasteiger partial charge in [0.25, 0.3) is 5.69 Å². The molecule has 0 aromatic heterocycles. The molecule has 0 spiro atoms. The van der Waals surface area contributed by atoms with Crippen molar-refractivity contribution in [1.82, 2.24) is 0 Å². The normalized spacial score (nSPS) is 10.7. The Morgan fingerprint density at radius 2 is 1.49 bits per heavy atom. The number of hydrogen-bond acceptors (Lipinski definition) is 8. The maximum atomic E-state index is 12.8. The Balaban J connectivity index is 1.51. The summed E-state index contributed by atoms with van der Waals surface area (Å²) < 4.78 is 46.6. The summed E-state index contributed by atoms with van der Waals surface area (Å²) in [6.07, 6.45) is -2.58. The monoisotopic (exact) mass is 514 g/mol. The van der Waals surface area contributed by atoms with Gasteiger partial charge in [0.15, 0.2) is 0 Å². The molecule has 0 aliphatic carbocycles. The first-order valence-corrected chi connectivity index (χ1v) is 10.9. The molecule has 0 saturated heterocycles. The van der Waals surface area contributed by atoms with Crippen LogP contribution >= 0.6 is 0 Å². The van der Waals surface area contributed by atoms with Crippen molar-refractivity contribution in [3.05, 3.63) is 101 Å². The Morgan fingerprint density at radius 3 is 2.00 bits per heavy atom. The lowest BCUT2D eigenvalue weighted by molar-refractivity contribution is -0.384. The van der Waals surface area contributed by atoms with Gasteiger partial charge < -0.3 is 14.4 Å². The Hall–Kier alpha value is -4.74. The molecule has 0 heterocycles. The zero-order valence-electron chi connectivity index (χ0n) is 19.5. The number of nitro groups is 1.